The number of hydrogen-bond acceptors (Lipinski definition) is 6. The lowest BCUT2D eigenvalue weighted by Gasteiger charge is -2.02. The van der Waals surface area contributed by atoms with E-state index < -0.39 is 10.0 Å². The van der Waals surface area contributed by atoms with Crippen molar-refractivity contribution in [3.8, 4) is 0 Å². The van der Waals surface area contributed by atoms with E-state index in [0.717, 1.165) is 11.3 Å². The Bertz CT molecular complexity index is 583. The molecule has 2 rings (SSSR count). The average Bonchev–Trinajstić information content (AvgIpc) is 2.66. The lowest BCUT2D eigenvalue weighted by molar-refractivity contribution is 0.602. The Hall–Kier alpha value is -1.25. The molecule has 0 aromatic carbocycles. The van der Waals surface area contributed by atoms with E-state index in [-0.39, 0.29) is 14.5 Å². The first-order valence-electron chi connectivity index (χ1n) is 3.98. The van der Waals surface area contributed by atoms with E-state index in [0.29, 0.717) is 0 Å². The van der Waals surface area contributed by atoms with Gasteiger partial charge in [-0.15, -0.1) is 0 Å². The molecular weight excluding hydrogens is 272 g/mol. The molecular formula is C7H5ClN4O2S2. The number of rotatable bonds is 3. The Morgan fingerprint density at radius 1 is 1.25 bits per heavy atom. The molecule has 16 heavy (non-hydrogen) atoms. The Morgan fingerprint density at radius 2 is 2.06 bits per heavy atom. The second-order valence-electron chi connectivity index (χ2n) is 2.63. The van der Waals surface area contributed by atoms with E-state index in [1.54, 1.807) is 0 Å². The van der Waals surface area contributed by atoms with Crippen molar-refractivity contribution in [1.82, 2.24) is 15.0 Å². The van der Waals surface area contributed by atoms with Crippen LogP contribution in [-0.4, -0.2) is 23.4 Å². The summed E-state index contributed by atoms with van der Waals surface area (Å²) in [5.74, 6) is 0.145. The lowest BCUT2D eigenvalue weighted by Crippen LogP contribution is -2.12. The number of nitrogens with one attached hydrogen (secondary N) is 1. The minimum Gasteiger partial charge on any atom is -0.261 e. The van der Waals surface area contributed by atoms with Crippen molar-refractivity contribution in [1.29, 1.82) is 0 Å². The van der Waals surface area contributed by atoms with Gasteiger partial charge in [-0.25, -0.2) is 18.4 Å². The normalized spacial score (nSPS) is 11.3. The number of nitrogens with zero attached hydrogens (tertiary/aromatic N) is 3. The van der Waals surface area contributed by atoms with Gasteiger partial charge in [0.15, 0.2) is 14.5 Å². The van der Waals surface area contributed by atoms with Crippen LogP contribution in [0, 0.1) is 0 Å². The first kappa shape index (κ1) is 11.2. The van der Waals surface area contributed by atoms with Crippen LogP contribution in [-0.2, 0) is 10.0 Å². The Balaban J connectivity index is 2.28. The standard InChI is InChI=1S/C7H5ClN4O2S2/c8-7-11-4-6(15-7)16(13,14)12-5-3-9-1-2-10-5/h1-4H,(H,10,12). The van der Waals surface area contributed by atoms with E-state index in [1.165, 1.54) is 24.8 Å². The van der Waals surface area contributed by atoms with Crippen LogP contribution >= 0.6 is 22.9 Å². The van der Waals surface area contributed by atoms with Gasteiger partial charge in [0.25, 0.3) is 10.0 Å². The third-order valence-corrected chi connectivity index (χ3v) is 4.45. The van der Waals surface area contributed by atoms with Crippen LogP contribution in [0.3, 0.4) is 0 Å². The second-order valence-corrected chi connectivity index (χ2v) is 6.15. The number of halogens is 1. The van der Waals surface area contributed by atoms with E-state index in [9.17, 15) is 8.42 Å². The predicted octanol–water partition coefficient (Wildman–Crippen LogP) is 1.39. The van der Waals surface area contributed by atoms with Crippen LogP contribution in [0.4, 0.5) is 5.82 Å². The van der Waals surface area contributed by atoms with Gasteiger partial charge in [-0.3, -0.25) is 9.71 Å². The van der Waals surface area contributed by atoms with Crippen molar-refractivity contribution in [3.63, 3.8) is 0 Å². The molecule has 2 aromatic heterocycles. The van der Waals surface area contributed by atoms with Crippen molar-refractivity contribution in [2.45, 2.75) is 4.21 Å². The summed E-state index contributed by atoms with van der Waals surface area (Å²) in [5.41, 5.74) is 0. The fourth-order valence-electron chi connectivity index (χ4n) is 0.903. The van der Waals surface area contributed by atoms with E-state index in [1.807, 2.05) is 0 Å². The SMILES string of the molecule is O=S(=O)(Nc1cnccn1)c1cnc(Cl)s1. The number of aromatic nitrogens is 3. The van der Waals surface area contributed by atoms with Gasteiger partial charge in [-0.2, -0.15) is 0 Å². The van der Waals surface area contributed by atoms with Crippen LogP contribution in [0.1, 0.15) is 0 Å². The molecule has 0 amide bonds. The highest BCUT2D eigenvalue weighted by molar-refractivity contribution is 7.94. The van der Waals surface area contributed by atoms with Gasteiger partial charge < -0.3 is 0 Å². The molecule has 2 heterocycles. The maximum absolute atomic E-state index is 11.7. The fourth-order valence-corrected chi connectivity index (χ4v) is 3.19. The molecule has 84 valence electrons. The zero-order valence-corrected chi connectivity index (χ0v) is 10.1. The van der Waals surface area contributed by atoms with Crippen LogP contribution in [0.15, 0.2) is 29.0 Å². The van der Waals surface area contributed by atoms with Gasteiger partial charge in [-0.05, 0) is 0 Å². The summed E-state index contributed by atoms with van der Waals surface area (Å²) in [5, 5.41) is 0. The predicted molar refractivity (Wildman–Crippen MR) is 60.0 cm³/mol. The van der Waals surface area contributed by atoms with Crippen LogP contribution in [0.5, 0.6) is 0 Å². The number of sulfonamides is 1. The van der Waals surface area contributed by atoms with Crippen molar-refractivity contribution >= 4 is 38.8 Å². The third-order valence-electron chi connectivity index (χ3n) is 1.52. The van der Waals surface area contributed by atoms with Gasteiger partial charge in [0.2, 0.25) is 0 Å². The number of thiazole rings is 1. The van der Waals surface area contributed by atoms with Crippen molar-refractivity contribution in [2.24, 2.45) is 0 Å². The van der Waals surface area contributed by atoms with Crippen molar-refractivity contribution < 1.29 is 8.42 Å². The van der Waals surface area contributed by atoms with Crippen LogP contribution in [0.25, 0.3) is 0 Å². The average molecular weight is 277 g/mol. The molecule has 0 radical (unpaired) electrons. The number of hydrogen-bond donors (Lipinski definition) is 1. The topological polar surface area (TPSA) is 84.8 Å². The molecule has 0 aliphatic heterocycles. The maximum Gasteiger partial charge on any atom is 0.274 e. The van der Waals surface area contributed by atoms with Crippen molar-refractivity contribution in [3.05, 3.63) is 29.3 Å². The molecule has 0 unspecified atom stereocenters. The molecule has 9 heteroatoms. The van der Waals surface area contributed by atoms with Gasteiger partial charge in [-0.1, -0.05) is 22.9 Å². The number of anilines is 1. The smallest absolute Gasteiger partial charge is 0.261 e. The minimum atomic E-state index is -3.67. The highest BCUT2D eigenvalue weighted by Gasteiger charge is 2.18. The quantitative estimate of drug-likeness (QED) is 0.916. The largest absolute Gasteiger partial charge is 0.274 e. The molecule has 0 spiro atoms. The maximum atomic E-state index is 11.7. The van der Waals surface area contributed by atoms with Crippen molar-refractivity contribution in [2.75, 3.05) is 4.72 Å². The molecule has 0 saturated carbocycles. The molecule has 2 aromatic rings. The molecule has 0 aliphatic carbocycles. The second kappa shape index (κ2) is 4.32. The van der Waals surface area contributed by atoms with Crippen LogP contribution in [0.2, 0.25) is 4.47 Å². The Kier molecular flexibility index (Phi) is 3.03. The zero-order valence-electron chi connectivity index (χ0n) is 7.66. The Morgan fingerprint density at radius 3 is 2.62 bits per heavy atom. The molecule has 0 saturated heterocycles. The monoisotopic (exact) mass is 276 g/mol. The summed E-state index contributed by atoms with van der Waals surface area (Å²) < 4.78 is 26.0. The summed E-state index contributed by atoms with van der Waals surface area (Å²) in [7, 11) is -3.67. The summed E-state index contributed by atoms with van der Waals surface area (Å²) in [6.45, 7) is 0. The van der Waals surface area contributed by atoms with E-state index in [4.69, 9.17) is 11.6 Å². The summed E-state index contributed by atoms with van der Waals surface area (Å²) in [4.78, 5) is 11.2. The molecule has 6 nitrogen and oxygen atoms in total. The first-order chi connectivity index (χ1) is 7.58. The van der Waals surface area contributed by atoms with Gasteiger partial charge in [0, 0.05) is 12.4 Å². The molecule has 1 N–H and O–H groups in total. The summed E-state index contributed by atoms with van der Waals surface area (Å²) in [6.07, 6.45) is 5.32. The first-order valence-corrected chi connectivity index (χ1v) is 6.66. The molecule has 0 aliphatic rings. The van der Waals surface area contributed by atoms with Gasteiger partial charge in [0.05, 0.1) is 12.4 Å². The summed E-state index contributed by atoms with van der Waals surface area (Å²) >= 11 is 6.43. The van der Waals surface area contributed by atoms with Crippen LogP contribution < -0.4 is 4.72 Å². The Labute approximate surface area is 100 Å². The van der Waals surface area contributed by atoms with Gasteiger partial charge in [0.1, 0.15) is 0 Å². The highest BCUT2D eigenvalue weighted by atomic mass is 35.5. The van der Waals surface area contributed by atoms with E-state index in [2.05, 4.69) is 19.7 Å². The van der Waals surface area contributed by atoms with Gasteiger partial charge >= 0.3 is 0 Å². The molecule has 0 fully saturated rings. The molecule has 0 atom stereocenters. The lowest BCUT2D eigenvalue weighted by atomic mass is 10.7. The van der Waals surface area contributed by atoms with E-state index >= 15 is 0 Å². The summed E-state index contributed by atoms with van der Waals surface area (Å²) in [6, 6.07) is 0. The minimum absolute atomic E-state index is 0.0307. The fraction of sp³-hybridized carbons (Fsp3) is 0. The molecule has 0 bridgehead atoms. The zero-order chi connectivity index (χ0) is 11.6. The highest BCUT2D eigenvalue weighted by Crippen LogP contribution is 2.23. The third kappa shape index (κ3) is 2.46.